The number of Topliss-reactive ketones (excluding diaryl/α,β-unsaturated/α-hetero) is 1. The summed E-state index contributed by atoms with van der Waals surface area (Å²) < 4.78 is 0. The summed E-state index contributed by atoms with van der Waals surface area (Å²) in [5, 5.41) is 18.3. The first kappa shape index (κ1) is 16.4. The molecule has 0 atom stereocenters. The van der Waals surface area contributed by atoms with Crippen molar-refractivity contribution in [2.75, 3.05) is 24.4 Å². The van der Waals surface area contributed by atoms with E-state index in [4.69, 9.17) is 11.6 Å². The predicted octanol–water partition coefficient (Wildman–Crippen LogP) is 4.14. The molecule has 0 aliphatic carbocycles. The molecular weight excluding hydrogens is 324 g/mol. The van der Waals surface area contributed by atoms with Gasteiger partial charge in [-0.05, 0) is 12.1 Å². The molecule has 0 radical (unpaired) electrons. The third-order valence-electron chi connectivity index (χ3n) is 2.90. The number of carbonyl (C=O) groups is 1. The highest BCUT2D eigenvalue weighted by molar-refractivity contribution is 7.17. The van der Waals surface area contributed by atoms with Crippen LogP contribution in [0.15, 0.2) is 34.6 Å². The molecule has 0 bridgehead atoms. The molecule has 0 unspecified atom stereocenters. The number of ketones is 1. The smallest absolute Gasteiger partial charge is 0.230 e. The van der Waals surface area contributed by atoms with Gasteiger partial charge in [0, 0.05) is 38.1 Å². The van der Waals surface area contributed by atoms with Crippen molar-refractivity contribution in [3.8, 4) is 5.75 Å². The van der Waals surface area contributed by atoms with Gasteiger partial charge in [0.2, 0.25) is 5.13 Å². The lowest BCUT2D eigenvalue weighted by Gasteiger charge is -2.18. The summed E-state index contributed by atoms with van der Waals surface area (Å²) in [5.74, 6) is 0.459. The quantitative estimate of drug-likeness (QED) is 0.487. The minimum absolute atomic E-state index is 0.0195. The SMILES string of the molecule is CC(=O)c1cnc(N=Nc2ccc(N(C)CCCl)cc2O)s1. The Kier molecular flexibility index (Phi) is 5.46. The second kappa shape index (κ2) is 7.33. The fourth-order valence-corrected chi connectivity index (χ4v) is 2.55. The van der Waals surface area contributed by atoms with E-state index in [-0.39, 0.29) is 11.5 Å². The molecule has 1 heterocycles. The third-order valence-corrected chi connectivity index (χ3v) is 4.05. The van der Waals surface area contributed by atoms with Crippen LogP contribution >= 0.6 is 22.9 Å². The van der Waals surface area contributed by atoms with E-state index in [0.717, 1.165) is 17.0 Å². The van der Waals surface area contributed by atoms with Crippen LogP contribution in [0.2, 0.25) is 0 Å². The van der Waals surface area contributed by atoms with Gasteiger partial charge in [0.15, 0.2) is 5.78 Å². The predicted molar refractivity (Wildman–Crippen MR) is 88.4 cm³/mol. The number of hydrogen-bond acceptors (Lipinski definition) is 7. The zero-order valence-electron chi connectivity index (χ0n) is 12.2. The van der Waals surface area contributed by atoms with E-state index in [2.05, 4.69) is 15.2 Å². The number of nitrogens with zero attached hydrogens (tertiary/aromatic N) is 4. The summed E-state index contributed by atoms with van der Waals surface area (Å²) >= 11 is 6.85. The number of halogens is 1. The van der Waals surface area contributed by atoms with Crippen LogP contribution in [0.25, 0.3) is 0 Å². The number of carbonyl (C=O) groups excluding carboxylic acids is 1. The summed E-state index contributed by atoms with van der Waals surface area (Å²) in [4.78, 5) is 17.6. The summed E-state index contributed by atoms with van der Waals surface area (Å²) in [6.45, 7) is 2.14. The Hall–Kier alpha value is -1.99. The van der Waals surface area contributed by atoms with Crippen molar-refractivity contribution in [1.29, 1.82) is 0 Å². The van der Waals surface area contributed by atoms with Gasteiger partial charge in [-0.1, -0.05) is 11.3 Å². The van der Waals surface area contributed by atoms with Crippen molar-refractivity contribution in [3.05, 3.63) is 29.3 Å². The van der Waals surface area contributed by atoms with Crippen LogP contribution in [0.1, 0.15) is 16.6 Å². The Balaban J connectivity index is 2.15. The molecule has 0 aliphatic rings. The maximum Gasteiger partial charge on any atom is 0.230 e. The Morgan fingerprint density at radius 1 is 1.45 bits per heavy atom. The molecule has 0 aliphatic heterocycles. The van der Waals surface area contributed by atoms with Gasteiger partial charge in [-0.15, -0.1) is 21.8 Å². The average Bonchev–Trinajstić information content (AvgIpc) is 2.95. The molecule has 0 saturated carbocycles. The molecule has 0 saturated heterocycles. The Morgan fingerprint density at radius 2 is 2.23 bits per heavy atom. The normalized spacial score (nSPS) is 11.0. The first-order valence-corrected chi connectivity index (χ1v) is 7.85. The second-order valence-electron chi connectivity index (χ2n) is 4.55. The van der Waals surface area contributed by atoms with Crippen LogP contribution in [-0.2, 0) is 0 Å². The molecule has 0 spiro atoms. The molecule has 22 heavy (non-hydrogen) atoms. The lowest BCUT2D eigenvalue weighted by atomic mass is 10.2. The highest BCUT2D eigenvalue weighted by Gasteiger charge is 2.07. The van der Waals surface area contributed by atoms with Gasteiger partial charge >= 0.3 is 0 Å². The van der Waals surface area contributed by atoms with E-state index in [1.54, 1.807) is 12.1 Å². The molecule has 6 nitrogen and oxygen atoms in total. The Bertz CT molecular complexity index is 702. The van der Waals surface area contributed by atoms with Gasteiger partial charge in [0.05, 0.1) is 11.1 Å². The third kappa shape index (κ3) is 4.02. The van der Waals surface area contributed by atoms with E-state index in [1.165, 1.54) is 13.1 Å². The number of rotatable bonds is 6. The van der Waals surface area contributed by atoms with E-state index in [9.17, 15) is 9.90 Å². The van der Waals surface area contributed by atoms with Gasteiger partial charge in [-0.25, -0.2) is 4.98 Å². The topological polar surface area (TPSA) is 78.2 Å². The number of thiazole rings is 1. The number of alkyl halides is 1. The number of phenolic OH excluding ortho intramolecular Hbond substituents is 1. The highest BCUT2D eigenvalue weighted by atomic mass is 35.5. The van der Waals surface area contributed by atoms with Gasteiger partial charge in [-0.2, -0.15) is 0 Å². The number of anilines is 1. The highest BCUT2D eigenvalue weighted by Crippen LogP contribution is 2.32. The van der Waals surface area contributed by atoms with Gasteiger partial charge < -0.3 is 10.0 Å². The van der Waals surface area contributed by atoms with Crippen molar-refractivity contribution in [3.63, 3.8) is 0 Å². The zero-order chi connectivity index (χ0) is 16.1. The van der Waals surface area contributed by atoms with Crippen molar-refractivity contribution in [2.45, 2.75) is 6.92 Å². The molecule has 116 valence electrons. The zero-order valence-corrected chi connectivity index (χ0v) is 13.7. The van der Waals surface area contributed by atoms with Crippen LogP contribution in [-0.4, -0.2) is 35.3 Å². The summed E-state index contributed by atoms with van der Waals surface area (Å²) in [6, 6.07) is 5.09. The van der Waals surface area contributed by atoms with Crippen LogP contribution in [0.3, 0.4) is 0 Å². The van der Waals surface area contributed by atoms with Gasteiger partial charge in [0.25, 0.3) is 0 Å². The first-order valence-electron chi connectivity index (χ1n) is 6.50. The fraction of sp³-hybridized carbons (Fsp3) is 0.286. The van der Waals surface area contributed by atoms with Crippen molar-refractivity contribution < 1.29 is 9.90 Å². The molecule has 2 aromatic rings. The molecule has 1 aromatic heterocycles. The molecule has 1 N–H and O–H groups in total. The number of hydrogen-bond donors (Lipinski definition) is 1. The molecular formula is C14H15ClN4O2S. The Morgan fingerprint density at radius 3 is 2.82 bits per heavy atom. The number of benzene rings is 1. The van der Waals surface area contributed by atoms with Crippen LogP contribution < -0.4 is 4.90 Å². The molecule has 8 heteroatoms. The summed E-state index contributed by atoms with van der Waals surface area (Å²) in [5.41, 5.74) is 1.17. The monoisotopic (exact) mass is 338 g/mol. The number of azo groups is 1. The largest absolute Gasteiger partial charge is 0.506 e. The molecule has 0 amide bonds. The maximum absolute atomic E-state index is 11.2. The summed E-state index contributed by atoms with van der Waals surface area (Å²) in [7, 11) is 1.89. The van der Waals surface area contributed by atoms with Crippen molar-refractivity contribution in [1.82, 2.24) is 4.98 Å². The number of phenols is 1. The van der Waals surface area contributed by atoms with Crippen LogP contribution in [0, 0.1) is 0 Å². The molecule has 0 fully saturated rings. The second-order valence-corrected chi connectivity index (χ2v) is 5.93. The Labute approximate surface area is 137 Å². The lowest BCUT2D eigenvalue weighted by molar-refractivity contribution is 0.102. The minimum Gasteiger partial charge on any atom is -0.506 e. The fourth-order valence-electron chi connectivity index (χ4n) is 1.66. The molecule has 1 aromatic carbocycles. The van der Waals surface area contributed by atoms with E-state index < -0.39 is 0 Å². The lowest BCUT2D eigenvalue weighted by Crippen LogP contribution is -2.19. The molecule has 2 rings (SSSR count). The van der Waals surface area contributed by atoms with Crippen LogP contribution in [0.5, 0.6) is 5.75 Å². The van der Waals surface area contributed by atoms with Crippen molar-refractivity contribution >= 4 is 45.2 Å². The minimum atomic E-state index is -0.0616. The van der Waals surface area contributed by atoms with Crippen molar-refractivity contribution in [2.24, 2.45) is 10.2 Å². The van der Waals surface area contributed by atoms with Gasteiger partial charge in [-0.3, -0.25) is 4.79 Å². The van der Waals surface area contributed by atoms with E-state index in [1.807, 2.05) is 18.0 Å². The van der Waals surface area contributed by atoms with Crippen LogP contribution in [0.4, 0.5) is 16.5 Å². The maximum atomic E-state index is 11.2. The number of aromatic nitrogens is 1. The summed E-state index contributed by atoms with van der Waals surface area (Å²) in [6.07, 6.45) is 1.46. The average molecular weight is 339 g/mol. The first-order chi connectivity index (χ1) is 10.5. The number of aromatic hydroxyl groups is 1. The van der Waals surface area contributed by atoms with Gasteiger partial charge in [0.1, 0.15) is 11.4 Å². The van der Waals surface area contributed by atoms with E-state index in [0.29, 0.717) is 28.1 Å². The van der Waals surface area contributed by atoms with E-state index >= 15 is 0 Å². The standard InChI is InChI=1S/C14H15ClN4O2S/c1-9(20)13-8-16-14(22-13)18-17-11-4-3-10(7-12(11)21)19(2)6-5-15/h3-4,7-8,21H,5-6H2,1-2H3.